The third-order valence-electron chi connectivity index (χ3n) is 5.35. The molecule has 158 valence electrons. The standard InChI is InChI=1S/C25H22N6O/c1-17-9-8-10-19(15-17)23-21(16-31(29-23)20-11-4-3-5-12-20)25(32)26-18(2)24-28-27-22-13-6-7-14-30(22)24/h3-16,18H,1-2H3,(H,26,32). The Morgan fingerprint density at radius 1 is 0.969 bits per heavy atom. The van der Waals surface area contributed by atoms with Gasteiger partial charge in [0.2, 0.25) is 0 Å². The molecule has 7 nitrogen and oxygen atoms in total. The van der Waals surface area contributed by atoms with E-state index in [4.69, 9.17) is 5.10 Å². The topological polar surface area (TPSA) is 77.1 Å². The molecule has 0 spiro atoms. The molecule has 1 N–H and O–H groups in total. The fourth-order valence-corrected chi connectivity index (χ4v) is 3.75. The highest BCUT2D eigenvalue weighted by atomic mass is 16.1. The average molecular weight is 422 g/mol. The molecular formula is C25H22N6O. The van der Waals surface area contributed by atoms with Crippen LogP contribution in [0.4, 0.5) is 0 Å². The first-order valence-corrected chi connectivity index (χ1v) is 10.4. The van der Waals surface area contributed by atoms with Crippen LogP contribution in [0.3, 0.4) is 0 Å². The van der Waals surface area contributed by atoms with E-state index in [1.165, 1.54) is 0 Å². The number of carbonyl (C=O) groups is 1. The number of benzene rings is 2. The highest BCUT2D eigenvalue weighted by Gasteiger charge is 2.22. The molecule has 0 radical (unpaired) electrons. The number of fused-ring (bicyclic) bond motifs is 1. The summed E-state index contributed by atoms with van der Waals surface area (Å²) in [7, 11) is 0. The molecule has 32 heavy (non-hydrogen) atoms. The van der Waals surface area contributed by atoms with Crippen molar-refractivity contribution in [3.8, 4) is 16.9 Å². The van der Waals surface area contributed by atoms with E-state index in [9.17, 15) is 4.79 Å². The monoisotopic (exact) mass is 422 g/mol. The van der Waals surface area contributed by atoms with Gasteiger partial charge in [0.1, 0.15) is 5.69 Å². The molecule has 1 atom stereocenters. The summed E-state index contributed by atoms with van der Waals surface area (Å²) in [5, 5.41) is 16.3. The number of aryl methyl sites for hydroxylation is 1. The fourth-order valence-electron chi connectivity index (χ4n) is 3.75. The van der Waals surface area contributed by atoms with Crippen molar-refractivity contribution < 1.29 is 4.79 Å². The van der Waals surface area contributed by atoms with E-state index in [2.05, 4.69) is 15.5 Å². The van der Waals surface area contributed by atoms with E-state index in [1.54, 1.807) is 10.9 Å². The zero-order valence-electron chi connectivity index (χ0n) is 17.8. The van der Waals surface area contributed by atoms with Gasteiger partial charge < -0.3 is 5.32 Å². The van der Waals surface area contributed by atoms with Crippen molar-refractivity contribution in [3.05, 3.63) is 102 Å². The lowest BCUT2D eigenvalue weighted by Crippen LogP contribution is -2.28. The minimum absolute atomic E-state index is 0.219. The Kier molecular flexibility index (Phi) is 4.99. The van der Waals surface area contributed by atoms with Crippen LogP contribution in [0.25, 0.3) is 22.6 Å². The zero-order chi connectivity index (χ0) is 22.1. The summed E-state index contributed by atoms with van der Waals surface area (Å²) in [6.07, 6.45) is 3.66. The quantitative estimate of drug-likeness (QED) is 0.456. The maximum Gasteiger partial charge on any atom is 0.255 e. The molecule has 0 aliphatic rings. The number of hydrogen-bond acceptors (Lipinski definition) is 4. The Morgan fingerprint density at radius 3 is 2.59 bits per heavy atom. The molecule has 0 aliphatic heterocycles. The van der Waals surface area contributed by atoms with E-state index in [-0.39, 0.29) is 11.9 Å². The number of nitrogens with one attached hydrogen (secondary N) is 1. The van der Waals surface area contributed by atoms with Gasteiger partial charge in [0.05, 0.1) is 17.3 Å². The summed E-state index contributed by atoms with van der Waals surface area (Å²) in [5.41, 5.74) is 4.75. The van der Waals surface area contributed by atoms with E-state index in [0.717, 1.165) is 22.5 Å². The van der Waals surface area contributed by atoms with Crippen molar-refractivity contribution in [1.29, 1.82) is 0 Å². The second-order valence-electron chi connectivity index (χ2n) is 7.72. The molecule has 0 saturated heterocycles. The summed E-state index contributed by atoms with van der Waals surface area (Å²) >= 11 is 0. The first-order chi connectivity index (χ1) is 15.6. The van der Waals surface area contributed by atoms with Crippen molar-refractivity contribution in [1.82, 2.24) is 29.7 Å². The summed E-state index contributed by atoms with van der Waals surface area (Å²) in [6.45, 7) is 3.92. The Balaban J connectivity index is 1.52. The minimum atomic E-state index is -0.342. The van der Waals surface area contributed by atoms with Gasteiger partial charge in [-0.3, -0.25) is 9.20 Å². The van der Waals surface area contributed by atoms with Crippen LogP contribution >= 0.6 is 0 Å². The second kappa shape index (κ2) is 8.11. The zero-order valence-corrected chi connectivity index (χ0v) is 17.8. The highest BCUT2D eigenvalue weighted by molar-refractivity contribution is 6.00. The summed E-state index contributed by atoms with van der Waals surface area (Å²) in [5.74, 6) is 0.449. The van der Waals surface area contributed by atoms with E-state index < -0.39 is 0 Å². The molecule has 3 heterocycles. The van der Waals surface area contributed by atoms with E-state index in [1.807, 2.05) is 97.2 Å². The normalized spacial score (nSPS) is 12.1. The van der Waals surface area contributed by atoms with Crippen molar-refractivity contribution in [2.45, 2.75) is 19.9 Å². The molecule has 1 unspecified atom stereocenters. The summed E-state index contributed by atoms with van der Waals surface area (Å²) < 4.78 is 3.61. The van der Waals surface area contributed by atoms with Crippen LogP contribution in [-0.4, -0.2) is 30.3 Å². The number of aromatic nitrogens is 5. The van der Waals surface area contributed by atoms with Crippen LogP contribution in [0.2, 0.25) is 0 Å². The summed E-state index contributed by atoms with van der Waals surface area (Å²) in [6, 6.07) is 23.1. The van der Waals surface area contributed by atoms with Crippen LogP contribution in [0.1, 0.15) is 34.7 Å². The van der Waals surface area contributed by atoms with Gasteiger partial charge in [0, 0.05) is 18.0 Å². The number of para-hydroxylation sites is 1. The molecule has 2 aromatic carbocycles. The Hall–Kier alpha value is -4.26. The molecule has 5 aromatic rings. The van der Waals surface area contributed by atoms with Gasteiger partial charge in [-0.25, -0.2) is 4.68 Å². The number of amides is 1. The SMILES string of the molecule is Cc1cccc(-c2nn(-c3ccccc3)cc2C(=O)NC(C)c2nnc3ccccn23)c1. The maximum absolute atomic E-state index is 13.4. The number of pyridine rings is 1. The Labute approximate surface area is 185 Å². The Morgan fingerprint density at radius 2 is 1.78 bits per heavy atom. The molecule has 0 bridgehead atoms. The average Bonchev–Trinajstić information content (AvgIpc) is 3.45. The minimum Gasteiger partial charge on any atom is -0.342 e. The molecule has 0 aliphatic carbocycles. The van der Waals surface area contributed by atoms with Gasteiger partial charge in [-0.05, 0) is 44.2 Å². The largest absolute Gasteiger partial charge is 0.342 e. The molecule has 7 heteroatoms. The number of hydrogen-bond donors (Lipinski definition) is 1. The number of rotatable bonds is 5. The molecular weight excluding hydrogens is 400 g/mol. The van der Waals surface area contributed by atoms with Crippen LogP contribution in [0.15, 0.2) is 85.2 Å². The number of carbonyl (C=O) groups excluding carboxylic acids is 1. The first kappa shape index (κ1) is 19.7. The lowest BCUT2D eigenvalue weighted by molar-refractivity contribution is 0.0938. The van der Waals surface area contributed by atoms with Gasteiger partial charge >= 0.3 is 0 Å². The van der Waals surface area contributed by atoms with Crippen LogP contribution in [-0.2, 0) is 0 Å². The summed E-state index contributed by atoms with van der Waals surface area (Å²) in [4.78, 5) is 13.4. The smallest absolute Gasteiger partial charge is 0.255 e. The van der Waals surface area contributed by atoms with Gasteiger partial charge in [0.25, 0.3) is 5.91 Å². The molecule has 3 aromatic heterocycles. The Bertz CT molecular complexity index is 1400. The lowest BCUT2D eigenvalue weighted by Gasteiger charge is -2.12. The van der Waals surface area contributed by atoms with Gasteiger partial charge in [0.15, 0.2) is 11.5 Å². The predicted octanol–water partition coefficient (Wildman–Crippen LogP) is 4.38. The van der Waals surface area contributed by atoms with Gasteiger partial charge in [-0.2, -0.15) is 5.10 Å². The van der Waals surface area contributed by atoms with Gasteiger partial charge in [-0.1, -0.05) is 48.0 Å². The third kappa shape index (κ3) is 3.65. The van der Waals surface area contributed by atoms with Gasteiger partial charge in [-0.15, -0.1) is 10.2 Å². The second-order valence-corrected chi connectivity index (χ2v) is 7.72. The fraction of sp³-hybridized carbons (Fsp3) is 0.120. The van der Waals surface area contributed by atoms with Crippen LogP contribution in [0, 0.1) is 6.92 Å². The molecule has 1 amide bonds. The van der Waals surface area contributed by atoms with Crippen molar-refractivity contribution in [2.75, 3.05) is 0 Å². The first-order valence-electron chi connectivity index (χ1n) is 10.4. The van der Waals surface area contributed by atoms with Crippen molar-refractivity contribution in [2.24, 2.45) is 0 Å². The van der Waals surface area contributed by atoms with Crippen molar-refractivity contribution >= 4 is 11.6 Å². The third-order valence-corrected chi connectivity index (χ3v) is 5.35. The maximum atomic E-state index is 13.4. The molecule has 5 rings (SSSR count). The van der Waals surface area contributed by atoms with E-state index >= 15 is 0 Å². The highest BCUT2D eigenvalue weighted by Crippen LogP contribution is 2.25. The number of nitrogens with zero attached hydrogens (tertiary/aromatic N) is 5. The lowest BCUT2D eigenvalue weighted by atomic mass is 10.1. The van der Waals surface area contributed by atoms with Crippen molar-refractivity contribution in [3.63, 3.8) is 0 Å². The predicted molar refractivity (Wildman–Crippen MR) is 123 cm³/mol. The van der Waals surface area contributed by atoms with E-state index in [0.29, 0.717) is 17.1 Å². The molecule has 0 fully saturated rings. The van der Waals surface area contributed by atoms with Crippen LogP contribution in [0.5, 0.6) is 0 Å². The molecule has 0 saturated carbocycles. The van der Waals surface area contributed by atoms with Crippen LogP contribution < -0.4 is 5.32 Å².